The van der Waals surface area contributed by atoms with Crippen LogP contribution in [0.5, 0.6) is 0 Å². The van der Waals surface area contributed by atoms with Gasteiger partial charge in [-0.25, -0.2) is 4.98 Å². The van der Waals surface area contributed by atoms with E-state index in [1.54, 1.807) is 13.3 Å². The molecule has 1 aliphatic heterocycles. The first-order valence-corrected chi connectivity index (χ1v) is 10.4. The van der Waals surface area contributed by atoms with E-state index in [0.717, 1.165) is 56.3 Å². The molecule has 0 atom stereocenters. The molecule has 0 radical (unpaired) electrons. The molecule has 0 aliphatic carbocycles. The fourth-order valence-corrected chi connectivity index (χ4v) is 3.38. The van der Waals surface area contributed by atoms with E-state index in [4.69, 9.17) is 9.15 Å². The van der Waals surface area contributed by atoms with E-state index in [0.29, 0.717) is 24.6 Å². The molecule has 158 valence electrons. The number of benzene rings is 1. The van der Waals surface area contributed by atoms with Crippen molar-refractivity contribution in [2.75, 3.05) is 33.3 Å². The Labute approximate surface area is 173 Å². The van der Waals surface area contributed by atoms with E-state index in [1.807, 2.05) is 30.3 Å². The average molecular weight is 400 g/mol. The van der Waals surface area contributed by atoms with E-state index < -0.39 is 0 Å². The molecule has 1 fully saturated rings. The van der Waals surface area contributed by atoms with Gasteiger partial charge in [0.25, 0.3) is 0 Å². The molecule has 1 saturated heterocycles. The smallest absolute Gasteiger partial charge is 0.226 e. The summed E-state index contributed by atoms with van der Waals surface area (Å²) in [5.41, 5.74) is 1.83. The number of hydrogen-bond acceptors (Lipinski definition) is 5. The van der Waals surface area contributed by atoms with Crippen LogP contribution in [0.4, 0.5) is 0 Å². The Hall–Kier alpha value is -2.38. The van der Waals surface area contributed by atoms with Gasteiger partial charge in [0, 0.05) is 38.3 Å². The van der Waals surface area contributed by atoms with Crippen LogP contribution in [0.2, 0.25) is 0 Å². The Morgan fingerprint density at radius 1 is 1.28 bits per heavy atom. The summed E-state index contributed by atoms with van der Waals surface area (Å²) in [6.45, 7) is 8.71. The third-order valence-corrected chi connectivity index (χ3v) is 5.02. The zero-order chi connectivity index (χ0) is 20.5. The summed E-state index contributed by atoms with van der Waals surface area (Å²) in [5.74, 6) is 1.44. The van der Waals surface area contributed by atoms with Crippen molar-refractivity contribution in [1.29, 1.82) is 0 Å². The van der Waals surface area contributed by atoms with Gasteiger partial charge in [0.1, 0.15) is 6.26 Å². The fourth-order valence-electron chi connectivity index (χ4n) is 3.38. The Bertz CT molecular complexity index is 752. The maximum Gasteiger partial charge on any atom is 0.226 e. The summed E-state index contributed by atoms with van der Waals surface area (Å²) in [4.78, 5) is 11.4. The molecule has 1 aromatic heterocycles. The summed E-state index contributed by atoms with van der Waals surface area (Å²) in [6.07, 6.45) is 4.20. The molecule has 1 aliphatic rings. The van der Waals surface area contributed by atoms with Crippen LogP contribution >= 0.6 is 0 Å². The molecule has 7 heteroatoms. The number of guanidine groups is 1. The molecule has 0 amide bonds. The molecule has 29 heavy (non-hydrogen) atoms. The molecule has 0 saturated carbocycles. The minimum atomic E-state index is 0.303. The van der Waals surface area contributed by atoms with E-state index in [2.05, 4.69) is 39.4 Å². The van der Waals surface area contributed by atoms with Crippen LogP contribution in [0.25, 0.3) is 11.5 Å². The van der Waals surface area contributed by atoms with Gasteiger partial charge in [0.2, 0.25) is 5.89 Å². The van der Waals surface area contributed by atoms with Gasteiger partial charge in [-0.05, 0) is 38.8 Å². The fraction of sp³-hybridized carbons (Fsp3) is 0.545. The third kappa shape index (κ3) is 6.87. The van der Waals surface area contributed by atoms with Crippen molar-refractivity contribution in [2.24, 2.45) is 4.99 Å². The molecule has 0 spiro atoms. The monoisotopic (exact) mass is 399 g/mol. The quantitative estimate of drug-likeness (QED) is 0.525. The van der Waals surface area contributed by atoms with Gasteiger partial charge in [-0.2, -0.15) is 0 Å². The molecule has 3 rings (SSSR count). The first-order valence-electron chi connectivity index (χ1n) is 10.4. The van der Waals surface area contributed by atoms with Crippen molar-refractivity contribution in [2.45, 2.75) is 45.4 Å². The van der Waals surface area contributed by atoms with E-state index in [9.17, 15) is 0 Å². The van der Waals surface area contributed by atoms with Crippen LogP contribution in [-0.2, 0) is 11.3 Å². The molecular weight excluding hydrogens is 366 g/mol. The maximum atomic E-state index is 5.66. The summed E-state index contributed by atoms with van der Waals surface area (Å²) >= 11 is 0. The van der Waals surface area contributed by atoms with Crippen LogP contribution in [0.3, 0.4) is 0 Å². The van der Waals surface area contributed by atoms with Crippen molar-refractivity contribution >= 4 is 5.96 Å². The average Bonchev–Trinajstić information content (AvgIpc) is 3.22. The molecule has 7 nitrogen and oxygen atoms in total. The standard InChI is InChI=1S/C22H33N5O2/c1-17(2)28-14-13-27-11-9-19(10-12-27)26-22(23-3)24-15-20-16-29-21(25-20)18-7-5-4-6-8-18/h4-8,16-17,19H,9-15H2,1-3H3,(H2,23,24,26). The maximum absolute atomic E-state index is 5.66. The summed E-state index contributed by atoms with van der Waals surface area (Å²) in [5, 5.41) is 6.87. The summed E-state index contributed by atoms with van der Waals surface area (Å²) < 4.78 is 11.3. The lowest BCUT2D eigenvalue weighted by Crippen LogP contribution is -2.49. The lowest BCUT2D eigenvalue weighted by Gasteiger charge is -2.33. The first-order chi connectivity index (χ1) is 14.1. The van der Waals surface area contributed by atoms with Gasteiger partial charge in [-0.15, -0.1) is 0 Å². The highest BCUT2D eigenvalue weighted by molar-refractivity contribution is 5.79. The number of aromatic nitrogens is 1. The molecule has 2 N–H and O–H groups in total. The van der Waals surface area contributed by atoms with Gasteiger partial charge >= 0.3 is 0 Å². The van der Waals surface area contributed by atoms with Crippen LogP contribution in [0, 0.1) is 0 Å². The Morgan fingerprint density at radius 3 is 2.72 bits per heavy atom. The van der Waals surface area contributed by atoms with Crippen molar-refractivity contribution in [1.82, 2.24) is 20.5 Å². The van der Waals surface area contributed by atoms with E-state index in [1.165, 1.54) is 0 Å². The minimum Gasteiger partial charge on any atom is -0.444 e. The highest BCUT2D eigenvalue weighted by atomic mass is 16.5. The molecule has 0 bridgehead atoms. The SMILES string of the molecule is CN=C(NCc1coc(-c2ccccc2)n1)NC1CCN(CCOC(C)C)CC1. The predicted octanol–water partition coefficient (Wildman–Crippen LogP) is 2.90. The number of nitrogens with zero attached hydrogens (tertiary/aromatic N) is 3. The Kier molecular flexibility index (Phi) is 8.07. The normalized spacial score (nSPS) is 16.3. The van der Waals surface area contributed by atoms with Crippen LogP contribution < -0.4 is 10.6 Å². The second-order valence-electron chi connectivity index (χ2n) is 7.62. The molecule has 0 unspecified atom stereocenters. The number of hydrogen-bond donors (Lipinski definition) is 2. The van der Waals surface area contributed by atoms with Crippen molar-refractivity contribution in [3.8, 4) is 11.5 Å². The zero-order valence-electron chi connectivity index (χ0n) is 17.7. The number of aliphatic imine (C=N–C) groups is 1. The molecule has 1 aromatic carbocycles. The van der Waals surface area contributed by atoms with Gasteiger partial charge < -0.3 is 24.7 Å². The molecule has 2 aromatic rings. The van der Waals surface area contributed by atoms with E-state index >= 15 is 0 Å². The Morgan fingerprint density at radius 2 is 2.03 bits per heavy atom. The van der Waals surface area contributed by atoms with Crippen molar-refractivity contribution < 1.29 is 9.15 Å². The number of piperidine rings is 1. The summed E-state index contributed by atoms with van der Waals surface area (Å²) in [7, 11) is 1.80. The van der Waals surface area contributed by atoms with Gasteiger partial charge in [0.05, 0.1) is 24.9 Å². The van der Waals surface area contributed by atoms with Crippen LogP contribution in [0.15, 0.2) is 46.0 Å². The van der Waals surface area contributed by atoms with Crippen molar-refractivity contribution in [3.05, 3.63) is 42.3 Å². The Balaban J connectivity index is 1.40. The third-order valence-electron chi connectivity index (χ3n) is 5.02. The lowest BCUT2D eigenvalue weighted by molar-refractivity contribution is 0.0532. The number of rotatable bonds is 8. The number of oxazole rings is 1. The molecular formula is C22H33N5O2. The summed E-state index contributed by atoms with van der Waals surface area (Å²) in [6, 6.07) is 10.3. The number of nitrogens with one attached hydrogen (secondary N) is 2. The predicted molar refractivity (Wildman–Crippen MR) is 116 cm³/mol. The second-order valence-corrected chi connectivity index (χ2v) is 7.62. The van der Waals surface area contributed by atoms with E-state index in [-0.39, 0.29) is 0 Å². The number of ether oxygens (including phenoxy) is 1. The largest absolute Gasteiger partial charge is 0.444 e. The van der Waals surface area contributed by atoms with Crippen LogP contribution in [0.1, 0.15) is 32.4 Å². The van der Waals surface area contributed by atoms with Crippen LogP contribution in [-0.4, -0.2) is 61.3 Å². The lowest BCUT2D eigenvalue weighted by atomic mass is 10.1. The number of likely N-dealkylation sites (tertiary alicyclic amines) is 1. The van der Waals surface area contributed by atoms with Gasteiger partial charge in [-0.1, -0.05) is 18.2 Å². The first kappa shape index (κ1) is 21.3. The topological polar surface area (TPSA) is 74.9 Å². The molecule has 2 heterocycles. The highest BCUT2D eigenvalue weighted by Gasteiger charge is 2.20. The zero-order valence-corrected chi connectivity index (χ0v) is 17.7. The van der Waals surface area contributed by atoms with Crippen molar-refractivity contribution in [3.63, 3.8) is 0 Å². The minimum absolute atomic E-state index is 0.303. The van der Waals surface area contributed by atoms with Gasteiger partial charge in [-0.3, -0.25) is 4.99 Å². The highest BCUT2D eigenvalue weighted by Crippen LogP contribution is 2.17. The van der Waals surface area contributed by atoms with Gasteiger partial charge in [0.15, 0.2) is 5.96 Å². The second kappa shape index (κ2) is 11.0.